The lowest BCUT2D eigenvalue weighted by Gasteiger charge is -2.07. The van der Waals surface area contributed by atoms with E-state index in [1.807, 2.05) is 61.5 Å². The van der Waals surface area contributed by atoms with E-state index in [0.29, 0.717) is 6.61 Å². The molecule has 2 rings (SSSR count). The zero-order valence-electron chi connectivity index (χ0n) is 12.2. The molecule has 0 saturated carbocycles. The van der Waals surface area contributed by atoms with Crippen LogP contribution in [0.15, 0.2) is 60.7 Å². The first-order valence-electron chi connectivity index (χ1n) is 6.87. The number of para-hydroxylation sites is 1. The highest BCUT2D eigenvalue weighted by Gasteiger charge is 2.02. The van der Waals surface area contributed by atoms with Gasteiger partial charge in [-0.05, 0) is 49.2 Å². The van der Waals surface area contributed by atoms with Crippen molar-refractivity contribution in [2.45, 2.75) is 13.8 Å². The lowest BCUT2D eigenvalue weighted by molar-refractivity contribution is -0.137. The number of carbonyl (C=O) groups is 1. The number of rotatable bonds is 5. The Balaban J connectivity index is 2.06. The molecule has 0 radical (unpaired) electrons. The minimum Gasteiger partial charge on any atom is -0.463 e. The number of esters is 1. The van der Waals surface area contributed by atoms with E-state index in [4.69, 9.17) is 9.47 Å². The van der Waals surface area contributed by atoms with Gasteiger partial charge in [-0.3, -0.25) is 0 Å². The van der Waals surface area contributed by atoms with Crippen molar-refractivity contribution < 1.29 is 14.3 Å². The summed E-state index contributed by atoms with van der Waals surface area (Å²) < 4.78 is 10.6. The molecular formula is C18H18O3. The van der Waals surface area contributed by atoms with Crippen LogP contribution in [0.5, 0.6) is 11.5 Å². The van der Waals surface area contributed by atoms with Crippen molar-refractivity contribution in [2.24, 2.45) is 0 Å². The maximum Gasteiger partial charge on any atom is 0.331 e. The molecule has 0 unspecified atom stereocenters. The van der Waals surface area contributed by atoms with Gasteiger partial charge in [0.05, 0.1) is 6.61 Å². The van der Waals surface area contributed by atoms with Gasteiger partial charge in [-0.15, -0.1) is 0 Å². The van der Waals surface area contributed by atoms with Gasteiger partial charge in [0, 0.05) is 6.08 Å². The molecule has 0 N–H and O–H groups in total. The molecule has 0 fully saturated rings. The fraction of sp³-hybridized carbons (Fsp3) is 0.167. The van der Waals surface area contributed by atoms with Gasteiger partial charge in [0.1, 0.15) is 11.5 Å². The topological polar surface area (TPSA) is 35.5 Å². The Morgan fingerprint density at radius 3 is 2.24 bits per heavy atom. The van der Waals surface area contributed by atoms with Gasteiger partial charge in [-0.25, -0.2) is 4.79 Å². The standard InChI is InChI=1S/C18H18O3/c1-3-20-18(19)13-14(2)15-9-11-17(12-10-15)21-16-7-5-4-6-8-16/h4-13H,3H2,1-2H3/b14-13+. The summed E-state index contributed by atoms with van der Waals surface area (Å²) >= 11 is 0. The maximum absolute atomic E-state index is 11.4. The van der Waals surface area contributed by atoms with E-state index in [1.165, 1.54) is 6.08 Å². The molecule has 3 nitrogen and oxygen atoms in total. The normalized spacial score (nSPS) is 11.0. The van der Waals surface area contributed by atoms with Crippen molar-refractivity contribution in [1.29, 1.82) is 0 Å². The third-order valence-corrected chi connectivity index (χ3v) is 2.91. The molecule has 0 aliphatic heterocycles. The molecule has 0 aliphatic carbocycles. The molecule has 2 aromatic carbocycles. The van der Waals surface area contributed by atoms with Crippen LogP contribution in [0.3, 0.4) is 0 Å². The SMILES string of the molecule is CCOC(=O)/C=C(\C)c1ccc(Oc2ccccc2)cc1. The summed E-state index contributed by atoms with van der Waals surface area (Å²) in [4.78, 5) is 11.4. The second-order valence-corrected chi connectivity index (χ2v) is 4.52. The van der Waals surface area contributed by atoms with Gasteiger partial charge >= 0.3 is 5.97 Å². The van der Waals surface area contributed by atoms with Crippen molar-refractivity contribution in [3.63, 3.8) is 0 Å². The van der Waals surface area contributed by atoms with Crippen molar-refractivity contribution in [3.05, 3.63) is 66.2 Å². The third-order valence-electron chi connectivity index (χ3n) is 2.91. The van der Waals surface area contributed by atoms with Gasteiger partial charge in [-0.1, -0.05) is 30.3 Å². The largest absolute Gasteiger partial charge is 0.463 e. The van der Waals surface area contributed by atoms with Gasteiger partial charge in [-0.2, -0.15) is 0 Å². The molecule has 0 spiro atoms. The van der Waals surface area contributed by atoms with Crippen LogP contribution in [-0.4, -0.2) is 12.6 Å². The second kappa shape index (κ2) is 7.29. The molecule has 0 aromatic heterocycles. The molecule has 0 saturated heterocycles. The predicted octanol–water partition coefficient (Wildman–Crippen LogP) is 4.45. The van der Waals surface area contributed by atoms with Crippen LogP contribution in [0.1, 0.15) is 19.4 Å². The van der Waals surface area contributed by atoms with Crippen molar-refractivity contribution in [2.75, 3.05) is 6.61 Å². The summed E-state index contributed by atoms with van der Waals surface area (Å²) in [6.07, 6.45) is 1.50. The highest BCUT2D eigenvalue weighted by molar-refractivity contribution is 5.90. The minimum absolute atomic E-state index is 0.320. The summed E-state index contributed by atoms with van der Waals surface area (Å²) in [6.45, 7) is 4.05. The lowest BCUT2D eigenvalue weighted by atomic mass is 10.1. The second-order valence-electron chi connectivity index (χ2n) is 4.52. The molecule has 3 heteroatoms. The van der Waals surface area contributed by atoms with E-state index >= 15 is 0 Å². The van der Waals surface area contributed by atoms with Gasteiger partial charge in [0.15, 0.2) is 0 Å². The van der Waals surface area contributed by atoms with E-state index in [1.54, 1.807) is 6.92 Å². The third kappa shape index (κ3) is 4.49. The predicted molar refractivity (Wildman–Crippen MR) is 83.2 cm³/mol. The fourth-order valence-corrected chi connectivity index (χ4v) is 1.85. The summed E-state index contributed by atoms with van der Waals surface area (Å²) in [5.74, 6) is 1.23. The first-order valence-corrected chi connectivity index (χ1v) is 6.87. The van der Waals surface area contributed by atoms with E-state index in [2.05, 4.69) is 0 Å². The maximum atomic E-state index is 11.4. The quantitative estimate of drug-likeness (QED) is 0.600. The number of allylic oxidation sites excluding steroid dienone is 1. The minimum atomic E-state index is -0.320. The molecule has 108 valence electrons. The van der Waals surface area contributed by atoms with Crippen LogP contribution in [0, 0.1) is 0 Å². The molecule has 0 atom stereocenters. The Morgan fingerprint density at radius 2 is 1.62 bits per heavy atom. The molecule has 21 heavy (non-hydrogen) atoms. The molecular weight excluding hydrogens is 264 g/mol. The number of hydrogen-bond donors (Lipinski definition) is 0. The first-order chi connectivity index (χ1) is 10.2. The van der Waals surface area contributed by atoms with Gasteiger partial charge in [0.25, 0.3) is 0 Å². The number of hydrogen-bond acceptors (Lipinski definition) is 3. The Bertz CT molecular complexity index is 613. The zero-order chi connectivity index (χ0) is 15.1. The van der Waals surface area contributed by atoms with Crippen molar-refractivity contribution >= 4 is 11.5 Å². The fourth-order valence-electron chi connectivity index (χ4n) is 1.85. The Kier molecular flexibility index (Phi) is 5.16. The number of carbonyl (C=O) groups excluding carboxylic acids is 1. The number of benzene rings is 2. The smallest absolute Gasteiger partial charge is 0.331 e. The van der Waals surface area contributed by atoms with Crippen LogP contribution in [0.25, 0.3) is 5.57 Å². The Morgan fingerprint density at radius 1 is 1.00 bits per heavy atom. The van der Waals surface area contributed by atoms with Crippen LogP contribution < -0.4 is 4.74 Å². The summed E-state index contributed by atoms with van der Waals surface area (Å²) in [5.41, 5.74) is 1.82. The Hall–Kier alpha value is -2.55. The zero-order valence-corrected chi connectivity index (χ0v) is 12.2. The molecule has 0 bridgehead atoms. The first kappa shape index (κ1) is 14.9. The monoisotopic (exact) mass is 282 g/mol. The highest BCUT2D eigenvalue weighted by Crippen LogP contribution is 2.23. The molecule has 0 aliphatic rings. The van der Waals surface area contributed by atoms with E-state index < -0.39 is 0 Å². The van der Waals surface area contributed by atoms with Crippen LogP contribution in [0.2, 0.25) is 0 Å². The Labute approximate surface area is 124 Å². The molecule has 2 aromatic rings. The van der Waals surface area contributed by atoms with E-state index in [-0.39, 0.29) is 5.97 Å². The molecule has 0 amide bonds. The van der Waals surface area contributed by atoms with E-state index in [0.717, 1.165) is 22.6 Å². The van der Waals surface area contributed by atoms with E-state index in [9.17, 15) is 4.79 Å². The summed E-state index contributed by atoms with van der Waals surface area (Å²) in [5, 5.41) is 0. The number of ether oxygens (including phenoxy) is 2. The summed E-state index contributed by atoms with van der Waals surface area (Å²) in [6, 6.07) is 17.2. The van der Waals surface area contributed by atoms with Crippen molar-refractivity contribution in [1.82, 2.24) is 0 Å². The summed E-state index contributed by atoms with van der Waals surface area (Å²) in [7, 11) is 0. The lowest BCUT2D eigenvalue weighted by Crippen LogP contribution is -2.00. The van der Waals surface area contributed by atoms with Crippen molar-refractivity contribution in [3.8, 4) is 11.5 Å². The highest BCUT2D eigenvalue weighted by atomic mass is 16.5. The van der Waals surface area contributed by atoms with Gasteiger partial charge < -0.3 is 9.47 Å². The van der Waals surface area contributed by atoms with Crippen LogP contribution in [-0.2, 0) is 9.53 Å². The average Bonchev–Trinajstić information content (AvgIpc) is 2.49. The van der Waals surface area contributed by atoms with Crippen LogP contribution in [0.4, 0.5) is 0 Å². The average molecular weight is 282 g/mol. The van der Waals surface area contributed by atoms with Crippen LogP contribution >= 0.6 is 0 Å². The molecule has 0 heterocycles. The van der Waals surface area contributed by atoms with Gasteiger partial charge in [0.2, 0.25) is 0 Å².